The number of aromatic nitrogens is 1. The maximum Gasteiger partial charge on any atom is 0.118 e. The predicted molar refractivity (Wildman–Crippen MR) is 138 cm³/mol. The summed E-state index contributed by atoms with van der Waals surface area (Å²) in [4.78, 5) is 4.18. The molecule has 0 aliphatic rings. The first-order valence-electron chi connectivity index (χ1n) is 11.0. The Morgan fingerprint density at radius 2 is 1.66 bits per heavy atom. The summed E-state index contributed by atoms with van der Waals surface area (Å²) >= 11 is 5.75. The second-order valence-electron chi connectivity index (χ2n) is 9.15. The number of rotatable bonds is 6. The van der Waals surface area contributed by atoms with Crippen molar-refractivity contribution < 1.29 is 4.74 Å². The molecule has 0 spiro atoms. The number of aromatic amines is 1. The van der Waals surface area contributed by atoms with Crippen LogP contribution in [0.3, 0.4) is 0 Å². The maximum atomic E-state index is 5.75. The van der Waals surface area contributed by atoms with Crippen molar-refractivity contribution in [3.63, 3.8) is 0 Å². The first-order chi connectivity index (χ1) is 15.4. The molecule has 4 heteroatoms. The molecule has 4 aromatic rings. The summed E-state index contributed by atoms with van der Waals surface area (Å²) in [5.41, 5.74) is 6.08. The topological polar surface area (TPSA) is 37.0 Å². The van der Waals surface area contributed by atoms with Crippen LogP contribution in [0.4, 0.5) is 0 Å². The molecule has 0 saturated heterocycles. The number of thiocarbonyl (C=S) groups is 1. The summed E-state index contributed by atoms with van der Waals surface area (Å²) < 4.78 is 5.36. The fourth-order valence-electron chi connectivity index (χ4n) is 4.04. The van der Waals surface area contributed by atoms with Crippen molar-refractivity contribution in [3.8, 4) is 5.75 Å². The van der Waals surface area contributed by atoms with Crippen LogP contribution in [0.15, 0.2) is 79.0 Å². The lowest BCUT2D eigenvalue weighted by Crippen LogP contribution is -2.28. The van der Waals surface area contributed by atoms with E-state index in [-0.39, 0.29) is 11.3 Å². The minimum atomic E-state index is 0.127. The molecule has 1 atom stereocenters. The highest BCUT2D eigenvalue weighted by molar-refractivity contribution is 7.80. The van der Waals surface area contributed by atoms with E-state index in [4.69, 9.17) is 17.0 Å². The molecule has 0 aliphatic carbocycles. The molecule has 1 heterocycles. The molecule has 3 nitrogen and oxygen atoms in total. The summed E-state index contributed by atoms with van der Waals surface area (Å²) in [6.07, 6.45) is 2.11. The molecular weight excluding hydrogens is 412 g/mol. The lowest BCUT2D eigenvalue weighted by atomic mass is 9.86. The van der Waals surface area contributed by atoms with Gasteiger partial charge in [0.1, 0.15) is 10.7 Å². The zero-order valence-electron chi connectivity index (χ0n) is 19.1. The van der Waals surface area contributed by atoms with Crippen molar-refractivity contribution >= 4 is 28.1 Å². The Bertz CT molecular complexity index is 1200. The van der Waals surface area contributed by atoms with Crippen LogP contribution in [-0.4, -0.2) is 23.6 Å². The smallest absolute Gasteiger partial charge is 0.118 e. The number of H-pyrrole nitrogens is 1. The maximum absolute atomic E-state index is 5.75. The van der Waals surface area contributed by atoms with E-state index in [1.54, 1.807) is 7.11 Å². The Hall–Kier alpha value is -3.11. The van der Waals surface area contributed by atoms with E-state index in [9.17, 15) is 0 Å². The molecular formula is C28H30N2OS. The van der Waals surface area contributed by atoms with Crippen LogP contribution in [0.25, 0.3) is 10.9 Å². The molecule has 4 rings (SSSR count). The average molecular weight is 443 g/mol. The quantitative estimate of drug-likeness (QED) is 0.332. The number of hydrogen-bond donors (Lipinski definition) is 2. The Kier molecular flexibility index (Phi) is 6.33. The van der Waals surface area contributed by atoms with Gasteiger partial charge >= 0.3 is 0 Å². The van der Waals surface area contributed by atoms with Crippen LogP contribution in [0.2, 0.25) is 0 Å². The molecule has 0 saturated carbocycles. The Morgan fingerprint density at radius 3 is 2.31 bits per heavy atom. The SMILES string of the molecule is COc1ccc([C@H](CNC(=S)c2ccc(C(C)(C)C)cc2)c2c[nH]c3ccccc23)cc1. The summed E-state index contributed by atoms with van der Waals surface area (Å²) in [5, 5.41) is 4.76. The summed E-state index contributed by atoms with van der Waals surface area (Å²) in [5.74, 6) is 0.998. The molecule has 2 N–H and O–H groups in total. The van der Waals surface area contributed by atoms with Gasteiger partial charge in [0, 0.05) is 35.1 Å². The third-order valence-corrected chi connectivity index (χ3v) is 6.37. The summed E-state index contributed by atoms with van der Waals surface area (Å²) in [7, 11) is 1.69. The van der Waals surface area contributed by atoms with Gasteiger partial charge in [-0.2, -0.15) is 0 Å². The van der Waals surface area contributed by atoms with Gasteiger partial charge in [0.15, 0.2) is 0 Å². The average Bonchev–Trinajstić information content (AvgIpc) is 3.23. The van der Waals surface area contributed by atoms with Crippen molar-refractivity contribution in [1.29, 1.82) is 0 Å². The normalized spacial score (nSPS) is 12.5. The largest absolute Gasteiger partial charge is 0.497 e. The minimum Gasteiger partial charge on any atom is -0.497 e. The fraction of sp³-hybridized carbons (Fsp3) is 0.250. The van der Waals surface area contributed by atoms with E-state index in [1.165, 1.54) is 22.1 Å². The molecule has 164 valence electrons. The van der Waals surface area contributed by atoms with Crippen LogP contribution < -0.4 is 10.1 Å². The number of methoxy groups -OCH3 is 1. The highest BCUT2D eigenvalue weighted by Gasteiger charge is 2.19. The second kappa shape index (κ2) is 9.17. The van der Waals surface area contributed by atoms with Crippen LogP contribution in [0.5, 0.6) is 5.75 Å². The van der Waals surface area contributed by atoms with Gasteiger partial charge in [-0.1, -0.05) is 87.6 Å². The molecule has 0 fully saturated rings. The first kappa shape index (κ1) is 22.1. The Balaban J connectivity index is 1.60. The first-order valence-corrected chi connectivity index (χ1v) is 11.4. The van der Waals surface area contributed by atoms with Crippen molar-refractivity contribution in [2.75, 3.05) is 13.7 Å². The molecule has 3 aromatic carbocycles. The minimum absolute atomic E-state index is 0.127. The lowest BCUT2D eigenvalue weighted by molar-refractivity contribution is 0.414. The molecule has 0 unspecified atom stereocenters. The number of nitrogens with one attached hydrogen (secondary N) is 2. The number of fused-ring (bicyclic) bond motifs is 1. The van der Waals surface area contributed by atoms with E-state index in [1.807, 2.05) is 12.1 Å². The fourth-order valence-corrected chi connectivity index (χ4v) is 4.26. The van der Waals surface area contributed by atoms with Crippen molar-refractivity contribution in [1.82, 2.24) is 10.3 Å². The van der Waals surface area contributed by atoms with Gasteiger partial charge in [-0.05, 0) is 40.3 Å². The van der Waals surface area contributed by atoms with Gasteiger partial charge in [0.25, 0.3) is 0 Å². The van der Waals surface area contributed by atoms with E-state index in [2.05, 4.69) is 97.9 Å². The molecule has 1 aromatic heterocycles. The molecule has 0 radical (unpaired) electrons. The van der Waals surface area contributed by atoms with Crippen molar-refractivity contribution in [2.45, 2.75) is 32.1 Å². The van der Waals surface area contributed by atoms with Gasteiger partial charge < -0.3 is 15.0 Å². The summed E-state index contributed by atoms with van der Waals surface area (Å²) in [6.45, 7) is 7.37. The van der Waals surface area contributed by atoms with Crippen molar-refractivity contribution in [3.05, 3.63) is 101 Å². The second-order valence-corrected chi connectivity index (χ2v) is 9.56. The Labute approximate surface area is 195 Å². The molecule has 0 aliphatic heterocycles. The Morgan fingerprint density at radius 1 is 0.969 bits per heavy atom. The van der Waals surface area contributed by atoms with Crippen LogP contribution in [-0.2, 0) is 5.41 Å². The molecule has 0 bridgehead atoms. The predicted octanol–water partition coefficient (Wildman–Crippen LogP) is 6.57. The molecule has 0 amide bonds. The van der Waals surface area contributed by atoms with E-state index in [0.29, 0.717) is 6.54 Å². The summed E-state index contributed by atoms with van der Waals surface area (Å²) in [6, 6.07) is 25.3. The zero-order valence-corrected chi connectivity index (χ0v) is 19.9. The number of benzene rings is 3. The third kappa shape index (κ3) is 4.71. The third-order valence-electron chi connectivity index (χ3n) is 5.99. The van der Waals surface area contributed by atoms with Crippen LogP contribution >= 0.6 is 12.2 Å². The van der Waals surface area contributed by atoms with E-state index in [0.717, 1.165) is 21.8 Å². The van der Waals surface area contributed by atoms with Crippen molar-refractivity contribution in [2.24, 2.45) is 0 Å². The molecule has 32 heavy (non-hydrogen) atoms. The monoisotopic (exact) mass is 442 g/mol. The zero-order chi connectivity index (χ0) is 22.7. The van der Waals surface area contributed by atoms with Crippen LogP contribution in [0, 0.1) is 0 Å². The number of ether oxygens (including phenoxy) is 1. The van der Waals surface area contributed by atoms with E-state index < -0.39 is 0 Å². The highest BCUT2D eigenvalue weighted by atomic mass is 32.1. The van der Waals surface area contributed by atoms with E-state index >= 15 is 0 Å². The van der Waals surface area contributed by atoms with Gasteiger partial charge in [-0.25, -0.2) is 0 Å². The van der Waals surface area contributed by atoms with Gasteiger partial charge in [-0.15, -0.1) is 0 Å². The number of hydrogen-bond acceptors (Lipinski definition) is 2. The van der Waals surface area contributed by atoms with Gasteiger partial charge in [0.05, 0.1) is 7.11 Å². The van der Waals surface area contributed by atoms with Gasteiger partial charge in [0.2, 0.25) is 0 Å². The van der Waals surface area contributed by atoms with Crippen LogP contribution in [0.1, 0.15) is 48.9 Å². The highest BCUT2D eigenvalue weighted by Crippen LogP contribution is 2.31. The standard InChI is InChI=1S/C28H30N2OS/c1-28(2,3)21-13-9-20(10-14-21)27(32)30-17-24(19-11-15-22(31-4)16-12-19)25-18-29-26-8-6-5-7-23(25)26/h5-16,18,24,29H,17H2,1-4H3,(H,30,32)/t24-/m0/s1. The van der Waals surface area contributed by atoms with Gasteiger partial charge in [-0.3, -0.25) is 0 Å². The lowest BCUT2D eigenvalue weighted by Gasteiger charge is -2.21. The number of para-hydroxylation sites is 1.